The maximum atomic E-state index is 12.4. The zero-order chi connectivity index (χ0) is 16.3. The van der Waals surface area contributed by atoms with Gasteiger partial charge in [-0.1, -0.05) is 6.08 Å². The highest BCUT2D eigenvalue weighted by molar-refractivity contribution is 5.96. The zero-order valence-corrected chi connectivity index (χ0v) is 14.1. The second-order valence-corrected chi connectivity index (χ2v) is 7.42. The Bertz CT molecular complexity index is 428. The molecule has 120 valence electrons. The minimum absolute atomic E-state index is 0.227. The van der Waals surface area contributed by atoms with Gasteiger partial charge in [-0.05, 0) is 60.8 Å². The number of hydrogen-bond acceptors (Lipinski definition) is 3. The van der Waals surface area contributed by atoms with Gasteiger partial charge in [-0.15, -0.1) is 0 Å². The Labute approximate surface area is 127 Å². The van der Waals surface area contributed by atoms with Crippen molar-refractivity contribution in [3.8, 4) is 0 Å². The standard InChI is InChI=1S/C16H28N2O3/c1-15(2,3)17-13(19)12-10-8-7-9-11-18(12)14(20)21-16(4,5)6/h10H,7-9,11H2,1-6H3,(H,17,19). The molecule has 0 spiro atoms. The van der Waals surface area contributed by atoms with Gasteiger partial charge in [0, 0.05) is 12.1 Å². The van der Waals surface area contributed by atoms with Gasteiger partial charge in [0.15, 0.2) is 0 Å². The summed E-state index contributed by atoms with van der Waals surface area (Å²) in [6.45, 7) is 11.7. The van der Waals surface area contributed by atoms with E-state index in [1.165, 1.54) is 4.90 Å². The molecule has 0 fully saturated rings. The zero-order valence-electron chi connectivity index (χ0n) is 14.1. The molecule has 0 bridgehead atoms. The van der Waals surface area contributed by atoms with Crippen LogP contribution in [0.5, 0.6) is 0 Å². The molecule has 0 saturated heterocycles. The minimum atomic E-state index is -0.574. The van der Waals surface area contributed by atoms with Crippen molar-refractivity contribution in [2.75, 3.05) is 6.54 Å². The van der Waals surface area contributed by atoms with Gasteiger partial charge >= 0.3 is 6.09 Å². The van der Waals surface area contributed by atoms with Gasteiger partial charge in [0.2, 0.25) is 0 Å². The van der Waals surface area contributed by atoms with Gasteiger partial charge in [0.05, 0.1) is 0 Å². The minimum Gasteiger partial charge on any atom is -0.443 e. The van der Waals surface area contributed by atoms with E-state index in [9.17, 15) is 9.59 Å². The summed E-state index contributed by atoms with van der Waals surface area (Å²) in [5, 5.41) is 2.91. The number of nitrogens with zero attached hydrogens (tertiary/aromatic N) is 1. The number of hydrogen-bond donors (Lipinski definition) is 1. The van der Waals surface area contributed by atoms with Gasteiger partial charge in [0.25, 0.3) is 5.91 Å². The average Bonchev–Trinajstić information content (AvgIpc) is 2.48. The Morgan fingerprint density at radius 3 is 2.29 bits per heavy atom. The Morgan fingerprint density at radius 2 is 1.76 bits per heavy atom. The van der Waals surface area contributed by atoms with E-state index in [0.717, 1.165) is 19.3 Å². The van der Waals surface area contributed by atoms with Crippen molar-refractivity contribution in [3.05, 3.63) is 11.8 Å². The molecule has 0 aromatic heterocycles. The number of amides is 2. The lowest BCUT2D eigenvalue weighted by atomic mass is 10.1. The quantitative estimate of drug-likeness (QED) is 0.808. The van der Waals surface area contributed by atoms with Gasteiger partial charge in [-0.3, -0.25) is 9.69 Å². The molecule has 0 aromatic rings. The summed E-state index contributed by atoms with van der Waals surface area (Å²) in [4.78, 5) is 26.2. The maximum absolute atomic E-state index is 12.4. The normalized spacial score (nSPS) is 16.9. The molecule has 1 aliphatic rings. The number of rotatable bonds is 1. The predicted molar refractivity (Wildman–Crippen MR) is 82.8 cm³/mol. The van der Waals surface area contributed by atoms with Crippen LogP contribution < -0.4 is 5.32 Å². The summed E-state index contributed by atoms with van der Waals surface area (Å²) in [6, 6.07) is 0. The van der Waals surface area contributed by atoms with Crippen molar-refractivity contribution >= 4 is 12.0 Å². The van der Waals surface area contributed by atoms with Crippen LogP contribution >= 0.6 is 0 Å². The monoisotopic (exact) mass is 296 g/mol. The first-order chi connectivity index (χ1) is 9.49. The van der Waals surface area contributed by atoms with Gasteiger partial charge in [0.1, 0.15) is 11.3 Å². The Morgan fingerprint density at radius 1 is 1.14 bits per heavy atom. The molecule has 2 amide bonds. The summed E-state index contributed by atoms with van der Waals surface area (Å²) in [6.07, 6.45) is 4.00. The van der Waals surface area contributed by atoms with Crippen LogP contribution in [0, 0.1) is 0 Å². The van der Waals surface area contributed by atoms with Crippen molar-refractivity contribution in [1.82, 2.24) is 10.2 Å². The molecule has 1 heterocycles. The van der Waals surface area contributed by atoms with Crippen molar-refractivity contribution < 1.29 is 14.3 Å². The van der Waals surface area contributed by atoms with Crippen LogP contribution in [0.1, 0.15) is 60.8 Å². The highest BCUT2D eigenvalue weighted by Gasteiger charge is 2.30. The number of carbonyl (C=O) groups excluding carboxylic acids is 2. The van der Waals surface area contributed by atoms with E-state index in [0.29, 0.717) is 12.2 Å². The molecule has 0 saturated carbocycles. The maximum Gasteiger partial charge on any atom is 0.414 e. The number of ether oxygens (including phenoxy) is 1. The Kier molecular flexibility index (Phi) is 5.42. The lowest BCUT2D eigenvalue weighted by Crippen LogP contribution is -2.46. The summed E-state index contributed by atoms with van der Waals surface area (Å²) in [7, 11) is 0. The van der Waals surface area contributed by atoms with Crippen LogP contribution in [0.25, 0.3) is 0 Å². The van der Waals surface area contributed by atoms with Crippen LogP contribution in [0.15, 0.2) is 11.8 Å². The van der Waals surface area contributed by atoms with Crippen LogP contribution in [0.3, 0.4) is 0 Å². The van der Waals surface area contributed by atoms with E-state index in [1.54, 1.807) is 0 Å². The molecule has 1 aliphatic heterocycles. The third kappa shape index (κ3) is 6.19. The summed E-state index contributed by atoms with van der Waals surface area (Å²) in [5.74, 6) is -0.227. The molecule has 0 aromatic carbocycles. The second-order valence-electron chi connectivity index (χ2n) is 7.42. The van der Waals surface area contributed by atoms with E-state index in [1.807, 2.05) is 47.6 Å². The third-order valence-corrected chi connectivity index (χ3v) is 2.80. The van der Waals surface area contributed by atoms with Crippen LogP contribution in [0.2, 0.25) is 0 Å². The fourth-order valence-corrected chi connectivity index (χ4v) is 2.01. The first-order valence-electron chi connectivity index (χ1n) is 7.53. The number of carbonyl (C=O) groups is 2. The SMILES string of the molecule is CC(C)(C)NC(=O)C1=CCCCCN1C(=O)OC(C)(C)C. The highest BCUT2D eigenvalue weighted by atomic mass is 16.6. The van der Waals surface area contributed by atoms with Crippen molar-refractivity contribution in [3.63, 3.8) is 0 Å². The molecule has 5 heteroatoms. The second kappa shape index (κ2) is 6.50. The predicted octanol–water partition coefficient (Wildman–Crippen LogP) is 3.21. The van der Waals surface area contributed by atoms with Crippen molar-refractivity contribution in [1.29, 1.82) is 0 Å². The molecular formula is C16H28N2O3. The van der Waals surface area contributed by atoms with Gasteiger partial charge in [-0.2, -0.15) is 0 Å². The smallest absolute Gasteiger partial charge is 0.414 e. The largest absolute Gasteiger partial charge is 0.443 e. The first-order valence-corrected chi connectivity index (χ1v) is 7.53. The molecule has 1 N–H and O–H groups in total. The lowest BCUT2D eigenvalue weighted by Gasteiger charge is -2.29. The van der Waals surface area contributed by atoms with E-state index < -0.39 is 11.7 Å². The topological polar surface area (TPSA) is 58.6 Å². The summed E-state index contributed by atoms with van der Waals surface area (Å²) < 4.78 is 5.41. The molecule has 21 heavy (non-hydrogen) atoms. The molecule has 0 radical (unpaired) electrons. The fourth-order valence-electron chi connectivity index (χ4n) is 2.01. The lowest BCUT2D eigenvalue weighted by molar-refractivity contribution is -0.120. The van der Waals surface area contributed by atoms with E-state index in [-0.39, 0.29) is 11.4 Å². The number of nitrogens with one attached hydrogen (secondary N) is 1. The summed E-state index contributed by atoms with van der Waals surface area (Å²) >= 11 is 0. The average molecular weight is 296 g/mol. The van der Waals surface area contributed by atoms with Crippen LogP contribution in [-0.4, -0.2) is 34.6 Å². The van der Waals surface area contributed by atoms with Gasteiger partial charge < -0.3 is 10.1 Å². The van der Waals surface area contributed by atoms with E-state index in [2.05, 4.69) is 5.32 Å². The molecule has 5 nitrogen and oxygen atoms in total. The van der Waals surface area contributed by atoms with Crippen LogP contribution in [0.4, 0.5) is 4.79 Å². The van der Waals surface area contributed by atoms with Crippen LogP contribution in [-0.2, 0) is 9.53 Å². The fraction of sp³-hybridized carbons (Fsp3) is 0.750. The van der Waals surface area contributed by atoms with E-state index >= 15 is 0 Å². The van der Waals surface area contributed by atoms with Crippen molar-refractivity contribution in [2.24, 2.45) is 0 Å². The molecule has 1 rings (SSSR count). The molecule has 0 unspecified atom stereocenters. The molecule has 0 aliphatic carbocycles. The Balaban J connectivity index is 2.92. The Hall–Kier alpha value is -1.52. The third-order valence-electron chi connectivity index (χ3n) is 2.80. The molecule has 0 atom stereocenters. The van der Waals surface area contributed by atoms with E-state index in [4.69, 9.17) is 4.74 Å². The highest BCUT2D eigenvalue weighted by Crippen LogP contribution is 2.19. The first kappa shape index (κ1) is 17.5. The van der Waals surface area contributed by atoms with Gasteiger partial charge in [-0.25, -0.2) is 4.79 Å². The van der Waals surface area contributed by atoms with Crippen molar-refractivity contribution in [2.45, 2.75) is 71.9 Å². The number of allylic oxidation sites excluding steroid dienone is 1. The molecular weight excluding hydrogens is 268 g/mol. The summed E-state index contributed by atoms with van der Waals surface area (Å²) in [5.41, 5.74) is -0.518.